The Morgan fingerprint density at radius 3 is 2.54 bits per heavy atom. The number of aromatic hydroxyl groups is 1. The van der Waals surface area contributed by atoms with Gasteiger partial charge in [-0.3, -0.25) is 9.59 Å². The number of rotatable bonds is 2. The van der Waals surface area contributed by atoms with Crippen LogP contribution in [0.2, 0.25) is 0 Å². The van der Waals surface area contributed by atoms with Crippen LogP contribution in [-0.2, 0) is 14.3 Å². The Morgan fingerprint density at radius 2 is 1.81 bits per heavy atom. The van der Waals surface area contributed by atoms with E-state index in [9.17, 15) is 29.7 Å². The Kier molecular flexibility index (Phi) is 5.20. The maximum Gasteiger partial charge on any atom is 0.330 e. The molecule has 37 heavy (non-hydrogen) atoms. The number of benzene rings is 2. The zero-order chi connectivity index (χ0) is 26.3. The van der Waals surface area contributed by atoms with Crippen molar-refractivity contribution in [2.24, 2.45) is 0 Å². The molecule has 3 N–H and O–H groups in total. The molecule has 0 radical (unpaired) electrons. The van der Waals surface area contributed by atoms with Gasteiger partial charge in [-0.1, -0.05) is 12.1 Å². The molecule has 6 atom stereocenters. The minimum atomic E-state index is -1.09. The molecule has 2 aromatic carbocycles. The van der Waals surface area contributed by atoms with Crippen molar-refractivity contribution < 1.29 is 43.9 Å². The number of hydrogen-bond donors (Lipinski definition) is 3. The molecule has 2 saturated heterocycles. The van der Waals surface area contributed by atoms with Crippen molar-refractivity contribution >= 4 is 23.1 Å². The molecule has 4 aliphatic rings. The Bertz CT molecular complexity index is 1400. The summed E-state index contributed by atoms with van der Waals surface area (Å²) >= 11 is 0. The van der Waals surface area contributed by atoms with Gasteiger partial charge in [-0.2, -0.15) is 0 Å². The highest BCUT2D eigenvalue weighted by Crippen LogP contribution is 2.52. The van der Waals surface area contributed by atoms with Crippen LogP contribution in [-0.4, -0.2) is 68.4 Å². The van der Waals surface area contributed by atoms with Crippen molar-refractivity contribution in [3.05, 3.63) is 63.8 Å². The van der Waals surface area contributed by atoms with Crippen molar-refractivity contribution in [2.45, 2.75) is 64.1 Å². The Morgan fingerprint density at radius 1 is 1.05 bits per heavy atom. The number of aryl methyl sites for hydroxylation is 1. The lowest BCUT2D eigenvalue weighted by atomic mass is 9.78. The number of ether oxygens (including phenoxy) is 3. The first-order valence-corrected chi connectivity index (χ1v) is 12.1. The quantitative estimate of drug-likeness (QED) is 0.517. The first kappa shape index (κ1) is 23.7. The van der Waals surface area contributed by atoms with Gasteiger partial charge in [0.15, 0.2) is 5.78 Å². The first-order chi connectivity index (χ1) is 17.6. The van der Waals surface area contributed by atoms with Gasteiger partial charge < -0.3 is 34.4 Å². The zero-order valence-corrected chi connectivity index (χ0v) is 20.3. The Hall–Kier alpha value is -3.73. The van der Waals surface area contributed by atoms with E-state index in [-0.39, 0.29) is 45.9 Å². The normalized spacial score (nSPS) is 30.4. The topological polar surface area (TPSA) is 143 Å². The lowest BCUT2D eigenvalue weighted by molar-refractivity contribution is -0.216. The zero-order valence-electron chi connectivity index (χ0n) is 20.3. The van der Waals surface area contributed by atoms with E-state index in [4.69, 9.17) is 14.2 Å². The second-order valence-electron chi connectivity index (χ2n) is 9.86. The standard InChI is InChI=1S/C27H25NO9/c1-10-7-14-19(15(29)8-10)21-22(28-11(2)27(34)37-26(14)28)25(33)20-13(24(21)32)5-4-6-17(20)36-18-9-16(30)23(31)12(3)35-18/h4-8,11-12,16,18,23,26,29-31H,9H2,1-3H3/t11-,12-,16+,18-,23-,26?/m0/s1. The molecule has 0 bridgehead atoms. The number of phenolic OH excluding ortho intramolecular Hbond substituents is 1. The summed E-state index contributed by atoms with van der Waals surface area (Å²) in [5.41, 5.74) is 1.33. The van der Waals surface area contributed by atoms with Gasteiger partial charge in [-0.15, -0.1) is 0 Å². The van der Waals surface area contributed by atoms with Crippen molar-refractivity contribution in [3.8, 4) is 11.5 Å². The molecule has 0 saturated carbocycles. The average Bonchev–Trinajstić information content (AvgIpc) is 3.14. The minimum Gasteiger partial charge on any atom is -0.507 e. The van der Waals surface area contributed by atoms with E-state index < -0.39 is 54.4 Å². The fraction of sp³-hybridized carbons (Fsp3) is 0.370. The van der Waals surface area contributed by atoms with Gasteiger partial charge in [-0.05, 0) is 44.5 Å². The molecule has 1 unspecified atom stereocenters. The molecule has 0 spiro atoms. The van der Waals surface area contributed by atoms with Crippen LogP contribution in [0.25, 0.3) is 5.57 Å². The molecule has 2 fully saturated rings. The maximum atomic E-state index is 14.1. The van der Waals surface area contributed by atoms with E-state index in [2.05, 4.69) is 0 Å². The molecule has 10 heteroatoms. The van der Waals surface area contributed by atoms with Gasteiger partial charge in [0, 0.05) is 23.1 Å². The third-order valence-electron chi connectivity index (χ3n) is 7.42. The van der Waals surface area contributed by atoms with Crippen molar-refractivity contribution in [1.82, 2.24) is 4.90 Å². The molecule has 3 aliphatic heterocycles. The third-order valence-corrected chi connectivity index (χ3v) is 7.42. The summed E-state index contributed by atoms with van der Waals surface area (Å²) in [7, 11) is 0. The number of fused-ring (bicyclic) bond motifs is 6. The van der Waals surface area contributed by atoms with Crippen LogP contribution < -0.4 is 4.74 Å². The number of aliphatic hydroxyl groups excluding tert-OH is 2. The summed E-state index contributed by atoms with van der Waals surface area (Å²) in [6.45, 7) is 4.95. The fourth-order valence-electron chi connectivity index (χ4n) is 5.62. The van der Waals surface area contributed by atoms with Crippen molar-refractivity contribution in [3.63, 3.8) is 0 Å². The minimum absolute atomic E-state index is 0.00429. The average molecular weight is 507 g/mol. The molecule has 0 amide bonds. The highest BCUT2D eigenvalue weighted by atomic mass is 16.7. The SMILES string of the molecule is Cc1cc(O)c2c(c1)C1OC(=O)[C@H](C)N1C1=C2C(=O)c2cccc(O[C@H]3C[C@@H](O)[C@@H](O)[C@H](C)O3)c2C1=O. The molecular weight excluding hydrogens is 482 g/mol. The molecular formula is C27H25NO9. The van der Waals surface area contributed by atoms with Crippen molar-refractivity contribution in [1.29, 1.82) is 0 Å². The van der Waals surface area contributed by atoms with Gasteiger partial charge in [0.05, 0.1) is 23.3 Å². The van der Waals surface area contributed by atoms with Gasteiger partial charge in [0.2, 0.25) is 18.3 Å². The van der Waals surface area contributed by atoms with Crippen LogP contribution in [0, 0.1) is 6.92 Å². The number of carbonyl (C=O) groups excluding carboxylic acids is 3. The largest absolute Gasteiger partial charge is 0.507 e. The predicted molar refractivity (Wildman–Crippen MR) is 127 cm³/mol. The van der Waals surface area contributed by atoms with Crippen LogP contribution in [0.5, 0.6) is 11.5 Å². The lowest BCUT2D eigenvalue weighted by Gasteiger charge is -2.39. The molecule has 0 aromatic heterocycles. The van der Waals surface area contributed by atoms with Crippen LogP contribution in [0.15, 0.2) is 36.0 Å². The van der Waals surface area contributed by atoms with Gasteiger partial charge in [-0.25, -0.2) is 4.79 Å². The number of aliphatic hydroxyl groups is 2. The number of esters is 1. The number of nitrogens with zero attached hydrogens (tertiary/aromatic N) is 1. The molecule has 10 nitrogen and oxygen atoms in total. The van der Waals surface area contributed by atoms with Gasteiger partial charge in [0.25, 0.3) is 0 Å². The third kappa shape index (κ3) is 3.33. The summed E-state index contributed by atoms with van der Waals surface area (Å²) in [5.74, 6) is -1.75. The second-order valence-corrected chi connectivity index (χ2v) is 9.86. The molecule has 6 rings (SSSR count). The van der Waals surface area contributed by atoms with E-state index in [1.165, 1.54) is 23.1 Å². The Labute approximate surface area is 211 Å². The monoisotopic (exact) mass is 507 g/mol. The number of ketones is 2. The number of allylic oxidation sites excluding steroid dienone is 2. The van der Waals surface area contributed by atoms with E-state index in [0.29, 0.717) is 11.1 Å². The van der Waals surface area contributed by atoms with E-state index in [1.54, 1.807) is 32.9 Å². The maximum absolute atomic E-state index is 14.1. The van der Waals surface area contributed by atoms with Crippen LogP contribution in [0.1, 0.15) is 63.9 Å². The number of carbonyl (C=O) groups is 3. The number of hydrogen-bond acceptors (Lipinski definition) is 10. The second kappa shape index (κ2) is 8.14. The highest BCUT2D eigenvalue weighted by molar-refractivity contribution is 6.41. The molecule has 2 aromatic rings. The van der Waals surface area contributed by atoms with Gasteiger partial charge >= 0.3 is 5.97 Å². The summed E-state index contributed by atoms with van der Waals surface area (Å²) in [5, 5.41) is 31.0. The fourth-order valence-corrected chi connectivity index (χ4v) is 5.62. The first-order valence-electron chi connectivity index (χ1n) is 12.1. The number of phenols is 1. The van der Waals surface area contributed by atoms with Crippen LogP contribution in [0.3, 0.4) is 0 Å². The van der Waals surface area contributed by atoms with E-state index >= 15 is 0 Å². The summed E-state index contributed by atoms with van der Waals surface area (Å²) in [6.07, 6.45) is -4.87. The summed E-state index contributed by atoms with van der Waals surface area (Å²) < 4.78 is 17.2. The predicted octanol–water partition coefficient (Wildman–Crippen LogP) is 1.99. The summed E-state index contributed by atoms with van der Waals surface area (Å²) in [6, 6.07) is 6.96. The van der Waals surface area contributed by atoms with Crippen LogP contribution >= 0.6 is 0 Å². The lowest BCUT2D eigenvalue weighted by Crippen LogP contribution is -2.48. The van der Waals surface area contributed by atoms with E-state index in [1.807, 2.05) is 0 Å². The molecule has 3 heterocycles. The molecule has 1 aliphatic carbocycles. The van der Waals surface area contributed by atoms with E-state index in [0.717, 1.165) is 0 Å². The van der Waals surface area contributed by atoms with Crippen molar-refractivity contribution in [2.75, 3.05) is 0 Å². The van der Waals surface area contributed by atoms with Crippen LogP contribution in [0.4, 0.5) is 0 Å². The smallest absolute Gasteiger partial charge is 0.330 e. The Balaban J connectivity index is 1.50. The number of Topliss-reactive ketones (excluding diaryl/α,β-unsaturated/α-hetero) is 2. The summed E-state index contributed by atoms with van der Waals surface area (Å²) in [4.78, 5) is 42.1. The highest BCUT2D eigenvalue weighted by Gasteiger charge is 2.52. The van der Waals surface area contributed by atoms with Gasteiger partial charge in [0.1, 0.15) is 29.3 Å². The molecule has 192 valence electrons.